The Bertz CT molecular complexity index is 475. The Hall–Kier alpha value is -1.11. The first-order chi connectivity index (χ1) is 9.61. The van der Waals surface area contributed by atoms with Gasteiger partial charge in [0.25, 0.3) is 0 Å². The van der Waals surface area contributed by atoms with Gasteiger partial charge in [-0.25, -0.2) is 0 Å². The minimum atomic E-state index is -0.449. The molecule has 4 N–H and O–H groups in total. The number of rotatable bonds is 6. The lowest BCUT2D eigenvalue weighted by molar-refractivity contribution is 0.0999. The van der Waals surface area contributed by atoms with Crippen molar-refractivity contribution in [1.29, 1.82) is 0 Å². The fourth-order valence-electron chi connectivity index (χ4n) is 2.53. The van der Waals surface area contributed by atoms with Crippen molar-refractivity contribution in [2.75, 3.05) is 31.1 Å². The molecule has 0 spiro atoms. The van der Waals surface area contributed by atoms with Crippen molar-refractivity contribution in [2.45, 2.75) is 18.9 Å². The molecule has 1 saturated heterocycles. The van der Waals surface area contributed by atoms with Gasteiger partial charge in [0.1, 0.15) is 0 Å². The second kappa shape index (κ2) is 7.06. The molecule has 110 valence electrons. The Morgan fingerprint density at radius 1 is 1.55 bits per heavy atom. The van der Waals surface area contributed by atoms with Crippen LogP contribution in [0.5, 0.6) is 0 Å². The van der Waals surface area contributed by atoms with E-state index in [0.29, 0.717) is 22.6 Å². The summed E-state index contributed by atoms with van der Waals surface area (Å²) in [7, 11) is 0. The Morgan fingerprint density at radius 3 is 2.90 bits per heavy atom. The van der Waals surface area contributed by atoms with Crippen LogP contribution in [0.15, 0.2) is 22.7 Å². The number of halogens is 1. The number of nitrogens with two attached hydrogens (primary N) is 1. The first-order valence-electron chi connectivity index (χ1n) is 6.80. The van der Waals surface area contributed by atoms with Crippen molar-refractivity contribution in [3.8, 4) is 0 Å². The molecule has 5 nitrogen and oxygen atoms in total. The molecule has 2 rings (SSSR count). The Morgan fingerprint density at radius 2 is 2.35 bits per heavy atom. The minimum Gasteiger partial charge on any atom is -0.395 e. The summed E-state index contributed by atoms with van der Waals surface area (Å²) in [6.07, 6.45) is 2.35. The van der Waals surface area contributed by atoms with Gasteiger partial charge in [0.2, 0.25) is 5.91 Å². The highest BCUT2D eigenvalue weighted by Crippen LogP contribution is 2.24. The van der Waals surface area contributed by atoms with E-state index in [9.17, 15) is 9.90 Å². The zero-order valence-electron chi connectivity index (χ0n) is 11.3. The maximum absolute atomic E-state index is 11.2. The molecule has 1 amide bonds. The predicted octanol–water partition coefficient (Wildman–Crippen LogP) is 1.10. The van der Waals surface area contributed by atoms with Crippen LogP contribution in [-0.2, 0) is 0 Å². The molecule has 6 heteroatoms. The van der Waals surface area contributed by atoms with Gasteiger partial charge < -0.3 is 21.1 Å². The standard InChI is InChI=1S/C14H20BrN3O2/c15-13-8-11(3-4-12(13)14(16)20)18(6-7-19)9-10-2-1-5-17-10/h3-4,8,10,17,19H,1-2,5-7,9H2,(H2,16,20). The monoisotopic (exact) mass is 341 g/mol. The van der Waals surface area contributed by atoms with E-state index < -0.39 is 5.91 Å². The molecule has 1 unspecified atom stereocenters. The lowest BCUT2D eigenvalue weighted by atomic mass is 10.1. The van der Waals surface area contributed by atoms with Gasteiger partial charge >= 0.3 is 0 Å². The van der Waals surface area contributed by atoms with Gasteiger partial charge in [0.05, 0.1) is 12.2 Å². The summed E-state index contributed by atoms with van der Waals surface area (Å²) in [5, 5.41) is 12.7. The normalized spacial score (nSPS) is 18.2. The van der Waals surface area contributed by atoms with Crippen molar-refractivity contribution >= 4 is 27.5 Å². The van der Waals surface area contributed by atoms with Gasteiger partial charge in [-0.05, 0) is 53.5 Å². The van der Waals surface area contributed by atoms with Crippen LogP contribution in [0, 0.1) is 0 Å². The maximum Gasteiger partial charge on any atom is 0.249 e. The SMILES string of the molecule is NC(=O)c1ccc(N(CCO)CC2CCCN2)cc1Br. The van der Waals surface area contributed by atoms with E-state index in [-0.39, 0.29) is 6.61 Å². The zero-order chi connectivity index (χ0) is 14.5. The van der Waals surface area contributed by atoms with E-state index in [2.05, 4.69) is 26.1 Å². The number of nitrogens with one attached hydrogen (secondary N) is 1. The summed E-state index contributed by atoms with van der Waals surface area (Å²) in [5.74, 6) is -0.449. The fraction of sp³-hybridized carbons (Fsp3) is 0.500. The number of hydrogen-bond donors (Lipinski definition) is 3. The number of hydrogen-bond acceptors (Lipinski definition) is 4. The van der Waals surface area contributed by atoms with Crippen molar-refractivity contribution in [2.24, 2.45) is 5.73 Å². The number of aliphatic hydroxyl groups is 1. The number of benzene rings is 1. The molecule has 1 fully saturated rings. The second-order valence-electron chi connectivity index (χ2n) is 4.99. The molecule has 1 atom stereocenters. The largest absolute Gasteiger partial charge is 0.395 e. The Kier molecular flexibility index (Phi) is 5.39. The van der Waals surface area contributed by atoms with Crippen LogP contribution in [0.2, 0.25) is 0 Å². The van der Waals surface area contributed by atoms with Crippen LogP contribution in [-0.4, -0.2) is 43.3 Å². The molecular weight excluding hydrogens is 322 g/mol. The molecule has 0 aliphatic carbocycles. The van der Waals surface area contributed by atoms with E-state index in [1.165, 1.54) is 6.42 Å². The highest BCUT2D eigenvalue weighted by atomic mass is 79.9. The molecule has 1 heterocycles. The van der Waals surface area contributed by atoms with E-state index in [1.807, 2.05) is 12.1 Å². The number of amides is 1. The summed E-state index contributed by atoms with van der Waals surface area (Å²) in [6.45, 7) is 2.58. The summed E-state index contributed by atoms with van der Waals surface area (Å²) in [6, 6.07) is 5.92. The number of aliphatic hydroxyl groups excluding tert-OH is 1. The van der Waals surface area contributed by atoms with Gasteiger partial charge in [0, 0.05) is 29.3 Å². The quantitative estimate of drug-likeness (QED) is 0.723. The average molecular weight is 342 g/mol. The molecule has 0 radical (unpaired) electrons. The number of primary amides is 1. The fourth-order valence-corrected chi connectivity index (χ4v) is 3.09. The number of carbonyl (C=O) groups is 1. The lowest BCUT2D eigenvalue weighted by Gasteiger charge is -2.27. The third kappa shape index (κ3) is 3.71. The number of carbonyl (C=O) groups excluding carboxylic acids is 1. The van der Waals surface area contributed by atoms with Gasteiger partial charge in [-0.15, -0.1) is 0 Å². The molecule has 1 aromatic carbocycles. The van der Waals surface area contributed by atoms with E-state index >= 15 is 0 Å². The first kappa shape index (κ1) is 15.3. The second-order valence-corrected chi connectivity index (χ2v) is 5.85. The lowest BCUT2D eigenvalue weighted by Crippen LogP contribution is -2.39. The van der Waals surface area contributed by atoms with Gasteiger partial charge in [0.15, 0.2) is 0 Å². The van der Waals surface area contributed by atoms with E-state index in [1.54, 1.807) is 6.07 Å². The van der Waals surface area contributed by atoms with Crippen LogP contribution in [0.4, 0.5) is 5.69 Å². The van der Waals surface area contributed by atoms with Crippen molar-refractivity contribution in [1.82, 2.24) is 5.32 Å². The third-order valence-electron chi connectivity index (χ3n) is 3.56. The van der Waals surface area contributed by atoms with Crippen molar-refractivity contribution in [3.05, 3.63) is 28.2 Å². The van der Waals surface area contributed by atoms with E-state index in [4.69, 9.17) is 5.73 Å². The molecule has 1 aliphatic rings. The van der Waals surface area contributed by atoms with Gasteiger partial charge in [-0.1, -0.05) is 0 Å². The topological polar surface area (TPSA) is 78.6 Å². The molecular formula is C14H20BrN3O2. The zero-order valence-corrected chi connectivity index (χ0v) is 12.9. The van der Waals surface area contributed by atoms with Crippen LogP contribution in [0.25, 0.3) is 0 Å². The number of anilines is 1. The van der Waals surface area contributed by atoms with E-state index in [0.717, 1.165) is 25.2 Å². The van der Waals surface area contributed by atoms with Gasteiger partial charge in [-0.3, -0.25) is 4.79 Å². The molecule has 1 aromatic rings. The van der Waals surface area contributed by atoms with Crippen LogP contribution >= 0.6 is 15.9 Å². The van der Waals surface area contributed by atoms with Crippen LogP contribution in [0.3, 0.4) is 0 Å². The molecule has 0 bridgehead atoms. The summed E-state index contributed by atoms with van der Waals surface area (Å²) in [5.41, 5.74) is 6.74. The highest BCUT2D eigenvalue weighted by molar-refractivity contribution is 9.10. The number of nitrogens with zero attached hydrogens (tertiary/aromatic N) is 1. The molecule has 0 aromatic heterocycles. The average Bonchev–Trinajstić information content (AvgIpc) is 2.90. The molecule has 0 saturated carbocycles. The van der Waals surface area contributed by atoms with Crippen LogP contribution in [0.1, 0.15) is 23.2 Å². The summed E-state index contributed by atoms with van der Waals surface area (Å²) < 4.78 is 0.685. The van der Waals surface area contributed by atoms with Crippen LogP contribution < -0.4 is 16.0 Å². The third-order valence-corrected chi connectivity index (χ3v) is 4.21. The smallest absolute Gasteiger partial charge is 0.249 e. The first-order valence-corrected chi connectivity index (χ1v) is 7.59. The van der Waals surface area contributed by atoms with Crippen molar-refractivity contribution in [3.63, 3.8) is 0 Å². The maximum atomic E-state index is 11.2. The Balaban J connectivity index is 2.15. The summed E-state index contributed by atoms with van der Waals surface area (Å²) >= 11 is 3.37. The Labute approximate surface area is 127 Å². The van der Waals surface area contributed by atoms with Gasteiger partial charge in [-0.2, -0.15) is 0 Å². The molecule has 1 aliphatic heterocycles. The minimum absolute atomic E-state index is 0.0991. The highest BCUT2D eigenvalue weighted by Gasteiger charge is 2.19. The van der Waals surface area contributed by atoms with Crippen molar-refractivity contribution < 1.29 is 9.90 Å². The summed E-state index contributed by atoms with van der Waals surface area (Å²) in [4.78, 5) is 13.4. The molecule has 20 heavy (non-hydrogen) atoms. The predicted molar refractivity (Wildman–Crippen MR) is 83.0 cm³/mol.